The Labute approximate surface area is 123 Å². The molecule has 0 aromatic heterocycles. The fraction of sp³-hybridized carbons (Fsp3) is 0.571. The average Bonchev–Trinajstić information content (AvgIpc) is 2.43. The van der Waals surface area contributed by atoms with Gasteiger partial charge >= 0.3 is 8.80 Å². The summed E-state index contributed by atoms with van der Waals surface area (Å²) in [5.74, 6) is 2.07. The molecule has 0 aliphatic carbocycles. The molecule has 108 valence electrons. The molecular formula is C14H24O3SSi. The van der Waals surface area contributed by atoms with E-state index in [0.29, 0.717) is 12.5 Å². The van der Waals surface area contributed by atoms with E-state index in [2.05, 4.69) is 26.5 Å². The smallest absolute Gasteiger partial charge is 0.501 e. The standard InChI is InChI=1S/C14H24O3SSi/c1-13(2)12-16-19(15-3,11-7-10-18)17-14-8-5-4-6-9-14/h4-6,8-9,13,18H,7,10-12H2,1-3H3. The Kier molecular flexibility index (Phi) is 7.52. The van der Waals surface area contributed by atoms with Crippen molar-refractivity contribution in [3.8, 4) is 5.75 Å². The SMILES string of the molecule is CO[Si](CCCS)(OCC(C)C)Oc1ccccc1. The number of benzene rings is 1. The van der Waals surface area contributed by atoms with Crippen LogP contribution in [-0.4, -0.2) is 28.3 Å². The fourth-order valence-corrected chi connectivity index (χ4v) is 4.47. The number of para-hydroxylation sites is 1. The Balaban J connectivity index is 2.76. The van der Waals surface area contributed by atoms with Gasteiger partial charge in [0.05, 0.1) is 0 Å². The molecule has 1 unspecified atom stereocenters. The van der Waals surface area contributed by atoms with Crippen molar-refractivity contribution in [2.24, 2.45) is 5.92 Å². The summed E-state index contributed by atoms with van der Waals surface area (Å²) in [6, 6.07) is 10.5. The monoisotopic (exact) mass is 300 g/mol. The summed E-state index contributed by atoms with van der Waals surface area (Å²) < 4.78 is 17.7. The normalized spacial score (nSPS) is 14.4. The van der Waals surface area contributed by atoms with Gasteiger partial charge in [0.2, 0.25) is 0 Å². The Morgan fingerprint density at radius 2 is 1.89 bits per heavy atom. The summed E-state index contributed by atoms with van der Waals surface area (Å²) in [4.78, 5) is 0. The molecule has 0 saturated heterocycles. The highest BCUT2D eigenvalue weighted by molar-refractivity contribution is 7.80. The summed E-state index contributed by atoms with van der Waals surface area (Å²) in [7, 11) is -0.968. The maximum atomic E-state index is 6.06. The number of hydrogen-bond acceptors (Lipinski definition) is 4. The average molecular weight is 300 g/mol. The Hall–Kier alpha value is -0.493. The lowest BCUT2D eigenvalue weighted by molar-refractivity contribution is 0.115. The molecule has 0 spiro atoms. The first kappa shape index (κ1) is 16.6. The van der Waals surface area contributed by atoms with Crippen LogP contribution < -0.4 is 4.43 Å². The lowest BCUT2D eigenvalue weighted by Crippen LogP contribution is -2.48. The van der Waals surface area contributed by atoms with E-state index in [1.54, 1.807) is 7.11 Å². The van der Waals surface area contributed by atoms with Gasteiger partial charge in [0.1, 0.15) is 5.75 Å². The second-order valence-corrected chi connectivity index (χ2v) is 8.05. The van der Waals surface area contributed by atoms with Crippen molar-refractivity contribution < 1.29 is 13.3 Å². The maximum absolute atomic E-state index is 6.06. The highest BCUT2D eigenvalue weighted by Crippen LogP contribution is 2.22. The van der Waals surface area contributed by atoms with Gasteiger partial charge in [0.25, 0.3) is 0 Å². The van der Waals surface area contributed by atoms with E-state index >= 15 is 0 Å². The summed E-state index contributed by atoms with van der Waals surface area (Å²) in [5.41, 5.74) is 0. The Bertz CT molecular complexity index is 348. The molecule has 5 heteroatoms. The van der Waals surface area contributed by atoms with E-state index in [1.807, 2.05) is 30.3 Å². The van der Waals surface area contributed by atoms with E-state index < -0.39 is 8.80 Å². The van der Waals surface area contributed by atoms with Crippen molar-refractivity contribution in [2.75, 3.05) is 19.5 Å². The molecule has 0 aliphatic rings. The molecule has 0 N–H and O–H groups in total. The molecule has 19 heavy (non-hydrogen) atoms. The van der Waals surface area contributed by atoms with Crippen LogP contribution in [0.25, 0.3) is 0 Å². The molecule has 0 radical (unpaired) electrons. The predicted octanol–water partition coefficient (Wildman–Crippen LogP) is 3.64. The third kappa shape index (κ3) is 5.99. The van der Waals surface area contributed by atoms with Gasteiger partial charge in [0.15, 0.2) is 0 Å². The van der Waals surface area contributed by atoms with E-state index in [1.165, 1.54) is 0 Å². The van der Waals surface area contributed by atoms with Crippen LogP contribution in [0, 0.1) is 5.92 Å². The quantitative estimate of drug-likeness (QED) is 0.557. The van der Waals surface area contributed by atoms with E-state index in [4.69, 9.17) is 13.3 Å². The van der Waals surface area contributed by atoms with Gasteiger partial charge in [-0.1, -0.05) is 32.0 Å². The van der Waals surface area contributed by atoms with E-state index in [-0.39, 0.29) is 0 Å². The second-order valence-electron chi connectivity index (χ2n) is 4.83. The zero-order chi connectivity index (χ0) is 14.1. The van der Waals surface area contributed by atoms with Crippen molar-refractivity contribution in [1.82, 2.24) is 0 Å². The molecule has 1 atom stereocenters. The summed E-state index contributed by atoms with van der Waals surface area (Å²) in [6.07, 6.45) is 0.925. The molecular weight excluding hydrogens is 276 g/mol. The van der Waals surface area contributed by atoms with Crippen molar-refractivity contribution in [3.63, 3.8) is 0 Å². The van der Waals surface area contributed by atoms with Gasteiger partial charge in [-0.25, -0.2) is 0 Å². The van der Waals surface area contributed by atoms with E-state index in [0.717, 1.165) is 24.0 Å². The van der Waals surface area contributed by atoms with Gasteiger partial charge < -0.3 is 13.3 Å². The van der Waals surface area contributed by atoms with Crippen molar-refractivity contribution >= 4 is 21.4 Å². The number of thiol groups is 1. The molecule has 1 aromatic rings. The maximum Gasteiger partial charge on any atom is 0.565 e. The lowest BCUT2D eigenvalue weighted by Gasteiger charge is -2.29. The van der Waals surface area contributed by atoms with Gasteiger partial charge in [-0.3, -0.25) is 0 Å². The summed E-state index contributed by atoms with van der Waals surface area (Å²) in [5, 5.41) is 0. The topological polar surface area (TPSA) is 27.7 Å². The first-order valence-electron chi connectivity index (χ1n) is 6.66. The third-order valence-corrected chi connectivity index (χ3v) is 5.66. The molecule has 3 nitrogen and oxygen atoms in total. The lowest BCUT2D eigenvalue weighted by atomic mass is 10.2. The molecule has 0 saturated carbocycles. The molecule has 0 amide bonds. The first-order valence-corrected chi connectivity index (χ1v) is 9.22. The number of rotatable bonds is 9. The van der Waals surface area contributed by atoms with Crippen LogP contribution in [0.3, 0.4) is 0 Å². The molecule has 0 aliphatic heterocycles. The van der Waals surface area contributed by atoms with E-state index in [9.17, 15) is 0 Å². The van der Waals surface area contributed by atoms with Gasteiger partial charge in [-0.05, 0) is 30.2 Å². The molecule has 0 fully saturated rings. The fourth-order valence-electron chi connectivity index (χ4n) is 1.61. The van der Waals surface area contributed by atoms with Crippen LogP contribution >= 0.6 is 12.6 Å². The van der Waals surface area contributed by atoms with Crippen LogP contribution in [-0.2, 0) is 8.85 Å². The van der Waals surface area contributed by atoms with Gasteiger partial charge in [-0.2, -0.15) is 12.6 Å². The van der Waals surface area contributed by atoms with Crippen LogP contribution in [0.2, 0.25) is 6.04 Å². The van der Waals surface area contributed by atoms with Gasteiger partial charge in [-0.15, -0.1) is 0 Å². The summed E-state index contributed by atoms with van der Waals surface area (Å²) in [6.45, 7) is 4.89. The molecule has 1 aromatic carbocycles. The zero-order valence-electron chi connectivity index (χ0n) is 12.0. The molecule has 0 heterocycles. The molecule has 0 bridgehead atoms. The Morgan fingerprint density at radius 1 is 1.21 bits per heavy atom. The van der Waals surface area contributed by atoms with Crippen LogP contribution in [0.5, 0.6) is 5.75 Å². The summed E-state index contributed by atoms with van der Waals surface area (Å²) >= 11 is 4.26. The highest BCUT2D eigenvalue weighted by atomic mass is 32.1. The second kappa shape index (κ2) is 8.63. The van der Waals surface area contributed by atoms with Crippen LogP contribution in [0.4, 0.5) is 0 Å². The minimum atomic E-state index is -2.64. The molecule has 1 rings (SSSR count). The minimum absolute atomic E-state index is 0.456. The predicted molar refractivity (Wildman–Crippen MR) is 83.9 cm³/mol. The van der Waals surface area contributed by atoms with Crippen molar-refractivity contribution in [1.29, 1.82) is 0 Å². The first-order chi connectivity index (χ1) is 9.12. The Morgan fingerprint density at radius 3 is 2.42 bits per heavy atom. The highest BCUT2D eigenvalue weighted by Gasteiger charge is 2.42. The van der Waals surface area contributed by atoms with Crippen molar-refractivity contribution in [2.45, 2.75) is 26.3 Å². The third-order valence-electron chi connectivity index (χ3n) is 2.61. The number of hydrogen-bond donors (Lipinski definition) is 1. The zero-order valence-corrected chi connectivity index (χ0v) is 13.9. The van der Waals surface area contributed by atoms with Crippen LogP contribution in [0.1, 0.15) is 20.3 Å². The van der Waals surface area contributed by atoms with Crippen LogP contribution in [0.15, 0.2) is 30.3 Å². The van der Waals surface area contributed by atoms with Gasteiger partial charge in [0, 0.05) is 19.8 Å². The minimum Gasteiger partial charge on any atom is -0.501 e. The largest absolute Gasteiger partial charge is 0.565 e. The van der Waals surface area contributed by atoms with Crippen molar-refractivity contribution in [3.05, 3.63) is 30.3 Å².